The Balaban J connectivity index is 2.41. The molecule has 1 aromatic rings. The molecule has 0 aliphatic carbocycles. The van der Waals surface area contributed by atoms with E-state index in [1.165, 1.54) is 5.56 Å². The third-order valence-electron chi connectivity index (χ3n) is 2.32. The highest BCUT2D eigenvalue weighted by molar-refractivity contribution is 7.89. The van der Waals surface area contributed by atoms with E-state index >= 15 is 0 Å². The van der Waals surface area contributed by atoms with Gasteiger partial charge in [0.25, 0.3) is 0 Å². The van der Waals surface area contributed by atoms with Crippen molar-refractivity contribution in [2.45, 2.75) is 20.3 Å². The van der Waals surface area contributed by atoms with E-state index < -0.39 is 10.0 Å². The summed E-state index contributed by atoms with van der Waals surface area (Å²) in [6.45, 7) is 4.39. The van der Waals surface area contributed by atoms with Crippen LogP contribution in [0.25, 0.3) is 0 Å². The molecule has 0 fully saturated rings. The van der Waals surface area contributed by atoms with Gasteiger partial charge in [-0.3, -0.25) is 0 Å². The molecule has 0 saturated carbocycles. The average molecular weight is 243 g/mol. The Morgan fingerprint density at radius 3 is 2.50 bits per heavy atom. The van der Waals surface area contributed by atoms with Gasteiger partial charge in [-0.2, -0.15) is 0 Å². The molecule has 0 amide bonds. The van der Waals surface area contributed by atoms with Gasteiger partial charge in [-0.1, -0.05) is 6.07 Å². The van der Waals surface area contributed by atoms with Crippen molar-refractivity contribution in [1.29, 1.82) is 0 Å². The van der Waals surface area contributed by atoms with Gasteiger partial charge in [0.1, 0.15) is 5.75 Å². The molecule has 0 radical (unpaired) electrons. The fourth-order valence-corrected chi connectivity index (χ4v) is 1.77. The van der Waals surface area contributed by atoms with Crippen molar-refractivity contribution in [2.75, 3.05) is 12.4 Å². The van der Waals surface area contributed by atoms with Crippen LogP contribution in [0.3, 0.4) is 0 Å². The smallest absolute Gasteiger partial charge is 0.209 e. The molecular formula is C11H17NO3S. The SMILES string of the molecule is Cc1ccc(OCCCS(N)(=O)=O)cc1C. The van der Waals surface area contributed by atoms with Crippen LogP contribution in [0.1, 0.15) is 17.5 Å². The number of primary sulfonamides is 1. The number of hydrogen-bond donors (Lipinski definition) is 1. The van der Waals surface area contributed by atoms with Gasteiger partial charge in [-0.25, -0.2) is 13.6 Å². The summed E-state index contributed by atoms with van der Waals surface area (Å²) in [5, 5.41) is 4.88. The minimum absolute atomic E-state index is 0.0438. The quantitative estimate of drug-likeness (QED) is 0.794. The molecule has 2 N–H and O–H groups in total. The molecule has 0 aliphatic rings. The third kappa shape index (κ3) is 4.63. The van der Waals surface area contributed by atoms with Crippen molar-refractivity contribution in [3.05, 3.63) is 29.3 Å². The number of sulfonamides is 1. The summed E-state index contributed by atoms with van der Waals surface area (Å²) in [5.41, 5.74) is 2.36. The maximum absolute atomic E-state index is 10.7. The molecule has 0 spiro atoms. The van der Waals surface area contributed by atoms with Crippen LogP contribution in [0.2, 0.25) is 0 Å². The lowest BCUT2D eigenvalue weighted by atomic mass is 10.1. The van der Waals surface area contributed by atoms with E-state index in [1.54, 1.807) is 0 Å². The lowest BCUT2D eigenvalue weighted by Gasteiger charge is -2.07. The minimum atomic E-state index is -3.37. The Morgan fingerprint density at radius 1 is 1.25 bits per heavy atom. The van der Waals surface area contributed by atoms with Gasteiger partial charge in [0, 0.05) is 0 Å². The molecule has 0 bridgehead atoms. The summed E-state index contributed by atoms with van der Waals surface area (Å²) < 4.78 is 26.7. The third-order valence-corrected chi connectivity index (χ3v) is 3.18. The zero-order chi connectivity index (χ0) is 12.2. The van der Waals surface area contributed by atoms with E-state index in [4.69, 9.17) is 9.88 Å². The second-order valence-corrected chi connectivity index (χ2v) is 5.55. The number of benzene rings is 1. The second kappa shape index (κ2) is 5.32. The highest BCUT2D eigenvalue weighted by Gasteiger charge is 2.02. The van der Waals surface area contributed by atoms with E-state index in [9.17, 15) is 8.42 Å². The number of ether oxygens (including phenoxy) is 1. The fraction of sp³-hybridized carbons (Fsp3) is 0.455. The summed E-state index contributed by atoms with van der Waals surface area (Å²) >= 11 is 0. The zero-order valence-electron chi connectivity index (χ0n) is 9.56. The summed E-state index contributed by atoms with van der Waals surface area (Å²) in [6.07, 6.45) is 0.408. The van der Waals surface area contributed by atoms with Crippen molar-refractivity contribution < 1.29 is 13.2 Å². The zero-order valence-corrected chi connectivity index (χ0v) is 10.4. The summed E-state index contributed by atoms with van der Waals surface area (Å²) in [7, 11) is -3.37. The maximum Gasteiger partial charge on any atom is 0.209 e. The molecule has 0 saturated heterocycles. The summed E-state index contributed by atoms with van der Waals surface area (Å²) in [4.78, 5) is 0. The first kappa shape index (κ1) is 13.0. The van der Waals surface area contributed by atoms with Crippen LogP contribution < -0.4 is 9.88 Å². The summed E-state index contributed by atoms with van der Waals surface area (Å²) in [6, 6.07) is 5.79. The van der Waals surface area contributed by atoms with Crippen molar-refractivity contribution in [3.63, 3.8) is 0 Å². The Hall–Kier alpha value is -1.07. The molecule has 1 aromatic carbocycles. The largest absolute Gasteiger partial charge is 0.494 e. The van der Waals surface area contributed by atoms with E-state index in [2.05, 4.69) is 0 Å². The highest BCUT2D eigenvalue weighted by Crippen LogP contribution is 2.16. The predicted octanol–water partition coefficient (Wildman–Crippen LogP) is 1.36. The molecule has 90 valence electrons. The number of hydrogen-bond acceptors (Lipinski definition) is 3. The van der Waals surface area contributed by atoms with Crippen LogP contribution in [0.15, 0.2) is 18.2 Å². The second-order valence-electron chi connectivity index (χ2n) is 3.82. The highest BCUT2D eigenvalue weighted by atomic mass is 32.2. The summed E-state index contributed by atoms with van der Waals surface area (Å²) in [5.74, 6) is 0.718. The number of aryl methyl sites for hydroxylation is 2. The molecule has 0 heterocycles. The average Bonchev–Trinajstić information content (AvgIpc) is 2.17. The molecule has 0 aliphatic heterocycles. The van der Waals surface area contributed by atoms with Crippen molar-refractivity contribution in [3.8, 4) is 5.75 Å². The maximum atomic E-state index is 10.7. The molecule has 4 nitrogen and oxygen atoms in total. The minimum Gasteiger partial charge on any atom is -0.494 e. The van der Waals surface area contributed by atoms with Crippen LogP contribution in [-0.2, 0) is 10.0 Å². The van der Waals surface area contributed by atoms with Crippen molar-refractivity contribution in [1.82, 2.24) is 0 Å². The first-order valence-electron chi connectivity index (χ1n) is 5.09. The molecule has 16 heavy (non-hydrogen) atoms. The first-order valence-corrected chi connectivity index (χ1v) is 6.80. The molecule has 5 heteroatoms. The van der Waals surface area contributed by atoms with Crippen LogP contribution >= 0.6 is 0 Å². The monoisotopic (exact) mass is 243 g/mol. The standard InChI is InChI=1S/C11H17NO3S/c1-9-4-5-11(8-10(9)2)15-6-3-7-16(12,13)14/h4-5,8H,3,6-7H2,1-2H3,(H2,12,13,14). The van der Waals surface area contributed by atoms with Crippen LogP contribution in [-0.4, -0.2) is 20.8 Å². The van der Waals surface area contributed by atoms with E-state index in [0.717, 1.165) is 11.3 Å². The molecule has 1 rings (SSSR count). The normalized spacial score (nSPS) is 11.4. The van der Waals surface area contributed by atoms with Crippen LogP contribution in [0.5, 0.6) is 5.75 Å². The van der Waals surface area contributed by atoms with Gasteiger partial charge in [0.15, 0.2) is 0 Å². The first-order chi connectivity index (χ1) is 7.38. The molecule has 0 atom stereocenters. The van der Waals surface area contributed by atoms with Gasteiger partial charge >= 0.3 is 0 Å². The van der Waals surface area contributed by atoms with E-state index in [1.807, 2.05) is 32.0 Å². The van der Waals surface area contributed by atoms with Crippen LogP contribution in [0, 0.1) is 13.8 Å². The number of rotatable bonds is 5. The lowest BCUT2D eigenvalue weighted by Crippen LogP contribution is -2.18. The van der Waals surface area contributed by atoms with Gasteiger partial charge in [-0.05, 0) is 43.5 Å². The van der Waals surface area contributed by atoms with Crippen molar-refractivity contribution >= 4 is 10.0 Å². The predicted molar refractivity (Wildman–Crippen MR) is 64.0 cm³/mol. The van der Waals surface area contributed by atoms with Gasteiger partial charge < -0.3 is 4.74 Å². The van der Waals surface area contributed by atoms with Crippen molar-refractivity contribution in [2.24, 2.45) is 5.14 Å². The molecule has 0 aromatic heterocycles. The van der Waals surface area contributed by atoms with Gasteiger partial charge in [0.2, 0.25) is 10.0 Å². The number of nitrogens with two attached hydrogens (primary N) is 1. The molecule has 0 unspecified atom stereocenters. The van der Waals surface area contributed by atoms with Crippen LogP contribution in [0.4, 0.5) is 0 Å². The van der Waals surface area contributed by atoms with E-state index in [-0.39, 0.29) is 5.75 Å². The van der Waals surface area contributed by atoms with E-state index in [0.29, 0.717) is 13.0 Å². The van der Waals surface area contributed by atoms with Gasteiger partial charge in [0.05, 0.1) is 12.4 Å². The fourth-order valence-electron chi connectivity index (χ4n) is 1.25. The molecular weight excluding hydrogens is 226 g/mol. The topological polar surface area (TPSA) is 69.4 Å². The Labute approximate surface area is 96.5 Å². The Kier molecular flexibility index (Phi) is 4.32. The Morgan fingerprint density at radius 2 is 1.94 bits per heavy atom. The van der Waals surface area contributed by atoms with Gasteiger partial charge in [-0.15, -0.1) is 0 Å². The lowest BCUT2D eigenvalue weighted by molar-refractivity contribution is 0.317. The Bertz CT molecular complexity index is 454.